The van der Waals surface area contributed by atoms with Gasteiger partial charge >= 0.3 is 0 Å². The van der Waals surface area contributed by atoms with E-state index >= 15 is 0 Å². The molecule has 4 rings (SSSR count). The molecule has 0 atom stereocenters. The summed E-state index contributed by atoms with van der Waals surface area (Å²) in [6.45, 7) is 3.41. The number of imide groups is 1. The van der Waals surface area contributed by atoms with Gasteiger partial charge in [-0.15, -0.1) is 0 Å². The van der Waals surface area contributed by atoms with Crippen molar-refractivity contribution in [2.24, 2.45) is 0 Å². The van der Waals surface area contributed by atoms with Gasteiger partial charge in [0.1, 0.15) is 5.70 Å². The Hall–Kier alpha value is -2.14. The largest absolute Gasteiger partial charge is 0.364 e. The Bertz CT molecular complexity index is 714. The molecule has 2 heterocycles. The van der Waals surface area contributed by atoms with E-state index in [2.05, 4.69) is 16.8 Å². The van der Waals surface area contributed by atoms with Crippen molar-refractivity contribution in [2.75, 3.05) is 33.2 Å². The predicted molar refractivity (Wildman–Crippen MR) is 101 cm³/mol. The number of nitrogens with zero attached hydrogens (tertiary/aromatic N) is 3. The molecule has 2 aliphatic heterocycles. The summed E-state index contributed by atoms with van der Waals surface area (Å²) >= 11 is 0. The van der Waals surface area contributed by atoms with Crippen molar-refractivity contribution in [3.05, 3.63) is 41.6 Å². The Morgan fingerprint density at radius 3 is 2.15 bits per heavy atom. The number of piperazine rings is 1. The molecule has 138 valence electrons. The fourth-order valence-corrected chi connectivity index (χ4v) is 4.39. The second kappa shape index (κ2) is 7.23. The van der Waals surface area contributed by atoms with Crippen molar-refractivity contribution in [3.63, 3.8) is 0 Å². The molecule has 0 aromatic heterocycles. The zero-order chi connectivity index (χ0) is 18.1. The summed E-state index contributed by atoms with van der Waals surface area (Å²) in [7, 11) is 2.10. The molecule has 3 aliphatic rings. The lowest BCUT2D eigenvalue weighted by Crippen LogP contribution is -2.47. The molecule has 0 unspecified atom stereocenters. The van der Waals surface area contributed by atoms with Gasteiger partial charge in [-0.2, -0.15) is 0 Å². The van der Waals surface area contributed by atoms with Crippen LogP contribution in [0.1, 0.15) is 37.7 Å². The van der Waals surface area contributed by atoms with E-state index in [-0.39, 0.29) is 17.9 Å². The zero-order valence-corrected chi connectivity index (χ0v) is 15.5. The van der Waals surface area contributed by atoms with E-state index in [4.69, 9.17) is 0 Å². The van der Waals surface area contributed by atoms with Crippen molar-refractivity contribution in [1.29, 1.82) is 0 Å². The van der Waals surface area contributed by atoms with Crippen molar-refractivity contribution >= 4 is 17.4 Å². The molecular formula is C21H27N3O2. The summed E-state index contributed by atoms with van der Waals surface area (Å²) in [5.41, 5.74) is 2.09. The maximum Gasteiger partial charge on any atom is 0.278 e. The third-order valence-electron chi connectivity index (χ3n) is 5.91. The van der Waals surface area contributed by atoms with E-state index in [1.54, 1.807) is 4.90 Å². The molecule has 0 N–H and O–H groups in total. The molecule has 1 aromatic carbocycles. The molecule has 2 fully saturated rings. The molecule has 0 radical (unpaired) electrons. The third kappa shape index (κ3) is 3.05. The van der Waals surface area contributed by atoms with E-state index in [9.17, 15) is 9.59 Å². The first-order valence-corrected chi connectivity index (χ1v) is 9.78. The van der Waals surface area contributed by atoms with Gasteiger partial charge in [0.2, 0.25) is 0 Å². The van der Waals surface area contributed by atoms with Crippen LogP contribution in [0.25, 0.3) is 5.57 Å². The molecule has 5 heteroatoms. The first kappa shape index (κ1) is 17.3. The molecule has 0 bridgehead atoms. The van der Waals surface area contributed by atoms with Crippen LogP contribution in [0.15, 0.2) is 36.0 Å². The smallest absolute Gasteiger partial charge is 0.278 e. The van der Waals surface area contributed by atoms with Crippen molar-refractivity contribution < 1.29 is 9.59 Å². The normalized spacial score (nSPS) is 23.3. The monoisotopic (exact) mass is 353 g/mol. The second-order valence-electron chi connectivity index (χ2n) is 7.65. The minimum absolute atomic E-state index is 0.0624. The second-order valence-corrected chi connectivity index (χ2v) is 7.65. The highest BCUT2D eigenvalue weighted by molar-refractivity contribution is 6.35. The van der Waals surface area contributed by atoms with Gasteiger partial charge in [-0.25, -0.2) is 0 Å². The van der Waals surface area contributed by atoms with Gasteiger partial charge in [0.15, 0.2) is 0 Å². The van der Waals surface area contributed by atoms with Gasteiger partial charge in [-0.05, 0) is 25.5 Å². The number of benzene rings is 1. The number of hydrogen-bond donors (Lipinski definition) is 0. The molecule has 26 heavy (non-hydrogen) atoms. The first-order valence-electron chi connectivity index (χ1n) is 9.78. The standard InChI is InChI=1S/C21H27N3O2/c1-22-12-14-23(15-13-22)19-18(16-8-4-2-5-9-16)20(25)24(21(19)26)17-10-6-3-7-11-17/h2,4-5,8-9,17H,3,6-7,10-15H2,1H3. The Balaban J connectivity index is 1.72. The van der Waals surface area contributed by atoms with Crippen molar-refractivity contribution in [1.82, 2.24) is 14.7 Å². The average Bonchev–Trinajstić information content (AvgIpc) is 2.94. The van der Waals surface area contributed by atoms with Crippen LogP contribution in [0, 0.1) is 0 Å². The Labute approximate surface area is 155 Å². The maximum atomic E-state index is 13.4. The van der Waals surface area contributed by atoms with Crippen molar-refractivity contribution in [3.8, 4) is 0 Å². The van der Waals surface area contributed by atoms with Gasteiger partial charge < -0.3 is 9.80 Å². The summed E-state index contributed by atoms with van der Waals surface area (Å²) in [4.78, 5) is 32.7. The third-order valence-corrected chi connectivity index (χ3v) is 5.91. The van der Waals surface area contributed by atoms with Gasteiger partial charge in [-0.1, -0.05) is 49.6 Å². The molecule has 1 saturated heterocycles. The summed E-state index contributed by atoms with van der Waals surface area (Å²) in [6.07, 6.45) is 5.29. The van der Waals surface area contributed by atoms with Crippen LogP contribution >= 0.6 is 0 Å². The summed E-state index contributed by atoms with van der Waals surface area (Å²) < 4.78 is 0. The lowest BCUT2D eigenvalue weighted by molar-refractivity contribution is -0.141. The van der Waals surface area contributed by atoms with E-state index < -0.39 is 0 Å². The van der Waals surface area contributed by atoms with Crippen LogP contribution in [0.2, 0.25) is 0 Å². The van der Waals surface area contributed by atoms with Crippen LogP contribution < -0.4 is 0 Å². The molecule has 2 amide bonds. The predicted octanol–water partition coefficient (Wildman–Crippen LogP) is 2.35. The Morgan fingerprint density at radius 2 is 1.50 bits per heavy atom. The molecule has 1 saturated carbocycles. The fraction of sp³-hybridized carbons (Fsp3) is 0.524. The minimum Gasteiger partial charge on any atom is -0.364 e. The van der Waals surface area contributed by atoms with E-state index in [0.29, 0.717) is 11.3 Å². The number of likely N-dealkylation sites (N-methyl/N-ethyl adjacent to an activating group) is 1. The van der Waals surface area contributed by atoms with Crippen LogP contribution in [0.5, 0.6) is 0 Å². The van der Waals surface area contributed by atoms with E-state index in [1.807, 2.05) is 30.3 Å². The lowest BCUT2D eigenvalue weighted by atomic mass is 9.94. The highest BCUT2D eigenvalue weighted by atomic mass is 16.2. The quantitative estimate of drug-likeness (QED) is 0.783. The maximum absolute atomic E-state index is 13.4. The average molecular weight is 353 g/mol. The summed E-state index contributed by atoms with van der Waals surface area (Å²) in [6, 6.07) is 9.77. The molecule has 1 aromatic rings. The first-order chi connectivity index (χ1) is 12.7. The van der Waals surface area contributed by atoms with Gasteiger partial charge in [0.05, 0.1) is 5.57 Å². The number of carbonyl (C=O) groups excluding carboxylic acids is 2. The van der Waals surface area contributed by atoms with Crippen LogP contribution in [0.4, 0.5) is 0 Å². The van der Waals surface area contributed by atoms with Crippen LogP contribution in [0.3, 0.4) is 0 Å². The SMILES string of the molecule is CN1CCN(C2=C(c3ccccc3)C(=O)N(C3CCCCC3)C2=O)CC1. The Morgan fingerprint density at radius 1 is 0.846 bits per heavy atom. The van der Waals surface area contributed by atoms with E-state index in [0.717, 1.165) is 57.4 Å². The summed E-state index contributed by atoms with van der Waals surface area (Å²) in [5.74, 6) is -0.174. The molecular weight excluding hydrogens is 326 g/mol. The Kier molecular flexibility index (Phi) is 4.81. The highest BCUT2D eigenvalue weighted by Gasteiger charge is 2.45. The van der Waals surface area contributed by atoms with Crippen LogP contribution in [-0.2, 0) is 9.59 Å². The van der Waals surface area contributed by atoms with E-state index in [1.165, 1.54) is 6.42 Å². The molecule has 1 aliphatic carbocycles. The van der Waals surface area contributed by atoms with Crippen molar-refractivity contribution in [2.45, 2.75) is 38.1 Å². The number of rotatable bonds is 3. The number of amides is 2. The zero-order valence-electron chi connectivity index (χ0n) is 15.5. The van der Waals surface area contributed by atoms with Gasteiger partial charge in [-0.3, -0.25) is 14.5 Å². The summed E-state index contributed by atoms with van der Waals surface area (Å²) in [5, 5.41) is 0. The molecule has 5 nitrogen and oxygen atoms in total. The molecule has 0 spiro atoms. The highest BCUT2D eigenvalue weighted by Crippen LogP contribution is 2.36. The topological polar surface area (TPSA) is 43.9 Å². The number of hydrogen-bond acceptors (Lipinski definition) is 4. The van der Waals surface area contributed by atoms with Crippen LogP contribution in [-0.4, -0.2) is 65.8 Å². The number of carbonyl (C=O) groups is 2. The minimum atomic E-state index is -0.0953. The lowest BCUT2D eigenvalue weighted by Gasteiger charge is -2.35. The fourth-order valence-electron chi connectivity index (χ4n) is 4.39. The van der Waals surface area contributed by atoms with Gasteiger partial charge in [0, 0.05) is 32.2 Å². The van der Waals surface area contributed by atoms with Gasteiger partial charge in [0.25, 0.3) is 11.8 Å².